The number of nitrogens with zero attached hydrogens (tertiary/aromatic N) is 1. The molecule has 1 saturated heterocycles. The predicted octanol–water partition coefficient (Wildman–Crippen LogP) is -0.373. The smallest absolute Gasteiger partial charge is 0.325 e. The molecule has 0 spiro atoms. The highest BCUT2D eigenvalue weighted by Crippen LogP contribution is 2.29. The van der Waals surface area contributed by atoms with Crippen LogP contribution in [0.4, 0.5) is 4.79 Å². The predicted molar refractivity (Wildman–Crippen MR) is 64.0 cm³/mol. The first-order valence-corrected chi connectivity index (χ1v) is 5.80. The van der Waals surface area contributed by atoms with Crippen molar-refractivity contribution in [3.63, 3.8) is 0 Å². The van der Waals surface area contributed by atoms with E-state index in [1.165, 1.54) is 11.8 Å². The second-order valence-corrected chi connectivity index (χ2v) is 4.82. The molecule has 7 heteroatoms. The molecule has 2 atom stereocenters. The minimum Gasteiger partial charge on any atom is -0.480 e. The zero-order valence-electron chi connectivity index (χ0n) is 10.8. The Balaban J connectivity index is 2.59. The molecule has 1 heterocycles. The summed E-state index contributed by atoms with van der Waals surface area (Å²) in [6.45, 7) is 3.93. The maximum absolute atomic E-state index is 11.8. The monoisotopic (exact) mass is 257 g/mol. The van der Waals surface area contributed by atoms with Gasteiger partial charge < -0.3 is 20.6 Å². The fraction of sp³-hybridized carbons (Fsp3) is 0.727. The van der Waals surface area contributed by atoms with E-state index in [0.29, 0.717) is 19.5 Å². The lowest BCUT2D eigenvalue weighted by molar-refractivity contribution is -0.138. The van der Waals surface area contributed by atoms with Gasteiger partial charge in [-0.05, 0) is 20.3 Å². The van der Waals surface area contributed by atoms with Gasteiger partial charge in [0.1, 0.15) is 6.04 Å². The molecule has 1 aliphatic rings. The number of likely N-dealkylation sites (tertiary alicyclic amines) is 1. The maximum Gasteiger partial charge on any atom is 0.325 e. The molecule has 1 unspecified atom stereocenters. The van der Waals surface area contributed by atoms with Crippen molar-refractivity contribution >= 4 is 17.9 Å². The van der Waals surface area contributed by atoms with E-state index in [1.807, 2.05) is 0 Å². The van der Waals surface area contributed by atoms with Gasteiger partial charge in [-0.1, -0.05) is 0 Å². The molecule has 0 saturated carbocycles. The van der Waals surface area contributed by atoms with Gasteiger partial charge in [-0.25, -0.2) is 4.79 Å². The van der Waals surface area contributed by atoms with Crippen LogP contribution in [-0.4, -0.2) is 54.1 Å². The first-order valence-electron chi connectivity index (χ1n) is 5.80. The zero-order valence-corrected chi connectivity index (χ0v) is 10.8. The highest BCUT2D eigenvalue weighted by atomic mass is 16.4. The van der Waals surface area contributed by atoms with Gasteiger partial charge in [0.05, 0.1) is 5.41 Å². The fourth-order valence-electron chi connectivity index (χ4n) is 1.96. The standard InChI is InChI=1S/C11H19N3O4/c1-7(8(15)16)13-10(18)14-5-4-11(2,6-14)9(17)12-3/h7H,4-6H2,1-3H3,(H,12,17)(H,13,18)(H,15,16)/t7-,11?/m1/s1. The lowest BCUT2D eigenvalue weighted by atomic mass is 9.89. The van der Waals surface area contributed by atoms with Gasteiger partial charge in [-0.15, -0.1) is 0 Å². The van der Waals surface area contributed by atoms with E-state index < -0.39 is 23.5 Å². The average molecular weight is 257 g/mol. The summed E-state index contributed by atoms with van der Waals surface area (Å²) in [7, 11) is 1.56. The quantitative estimate of drug-likeness (QED) is 0.642. The summed E-state index contributed by atoms with van der Waals surface area (Å²) in [5, 5.41) is 13.7. The molecule has 0 aromatic rings. The van der Waals surface area contributed by atoms with E-state index >= 15 is 0 Å². The van der Waals surface area contributed by atoms with Crippen LogP contribution in [0.25, 0.3) is 0 Å². The zero-order chi connectivity index (χ0) is 13.9. The number of hydrogen-bond donors (Lipinski definition) is 3. The van der Waals surface area contributed by atoms with Crippen molar-refractivity contribution in [3.05, 3.63) is 0 Å². The Hall–Kier alpha value is -1.79. The summed E-state index contributed by atoms with van der Waals surface area (Å²) in [6.07, 6.45) is 0.571. The molecule has 0 bridgehead atoms. The number of amides is 3. The van der Waals surface area contributed by atoms with Crippen LogP contribution in [0.1, 0.15) is 20.3 Å². The van der Waals surface area contributed by atoms with Crippen molar-refractivity contribution in [1.82, 2.24) is 15.5 Å². The normalized spacial score (nSPS) is 24.5. The molecule has 0 aliphatic carbocycles. The summed E-state index contributed by atoms with van der Waals surface area (Å²) in [6, 6.07) is -1.39. The minimum absolute atomic E-state index is 0.107. The number of nitrogens with one attached hydrogen (secondary N) is 2. The SMILES string of the molecule is CNC(=O)C1(C)CCN(C(=O)N[C@H](C)C(=O)O)C1. The molecule has 18 heavy (non-hydrogen) atoms. The minimum atomic E-state index is -1.09. The Bertz CT molecular complexity index is 371. The van der Waals surface area contributed by atoms with Crippen LogP contribution < -0.4 is 10.6 Å². The third-order valence-corrected chi connectivity index (χ3v) is 3.25. The van der Waals surface area contributed by atoms with Crippen LogP contribution in [0.2, 0.25) is 0 Å². The number of rotatable bonds is 3. The van der Waals surface area contributed by atoms with Crippen LogP contribution in [0, 0.1) is 5.41 Å². The largest absolute Gasteiger partial charge is 0.480 e. The van der Waals surface area contributed by atoms with Crippen LogP contribution >= 0.6 is 0 Å². The van der Waals surface area contributed by atoms with Crippen molar-refractivity contribution in [2.45, 2.75) is 26.3 Å². The number of carboxylic acids is 1. The van der Waals surface area contributed by atoms with Gasteiger partial charge in [0.2, 0.25) is 5.91 Å². The molecule has 3 N–H and O–H groups in total. The summed E-state index contributed by atoms with van der Waals surface area (Å²) in [4.78, 5) is 35.6. The lowest BCUT2D eigenvalue weighted by Crippen LogP contribution is -2.47. The van der Waals surface area contributed by atoms with Crippen molar-refractivity contribution < 1.29 is 19.5 Å². The summed E-state index contributed by atoms with van der Waals surface area (Å²) >= 11 is 0. The molecule has 0 aromatic carbocycles. The third-order valence-electron chi connectivity index (χ3n) is 3.25. The van der Waals surface area contributed by atoms with Gasteiger partial charge in [0.15, 0.2) is 0 Å². The topological polar surface area (TPSA) is 98.7 Å². The molecule has 7 nitrogen and oxygen atoms in total. The number of carbonyl (C=O) groups is 3. The third kappa shape index (κ3) is 2.91. The Morgan fingerprint density at radius 3 is 2.50 bits per heavy atom. The van der Waals surface area contributed by atoms with Crippen molar-refractivity contribution in [3.8, 4) is 0 Å². The van der Waals surface area contributed by atoms with E-state index in [9.17, 15) is 14.4 Å². The molecule has 1 aliphatic heterocycles. The van der Waals surface area contributed by atoms with E-state index in [0.717, 1.165) is 0 Å². The van der Waals surface area contributed by atoms with E-state index in [2.05, 4.69) is 10.6 Å². The Morgan fingerprint density at radius 2 is 2.00 bits per heavy atom. The summed E-state index contributed by atoms with van der Waals surface area (Å²) in [5.74, 6) is -1.19. The second kappa shape index (κ2) is 5.24. The molecule has 0 aromatic heterocycles. The molecule has 0 radical (unpaired) electrons. The summed E-state index contributed by atoms with van der Waals surface area (Å²) in [5.41, 5.74) is -0.599. The molecule has 102 valence electrons. The fourth-order valence-corrected chi connectivity index (χ4v) is 1.96. The van der Waals surface area contributed by atoms with Crippen molar-refractivity contribution in [2.75, 3.05) is 20.1 Å². The van der Waals surface area contributed by atoms with Gasteiger partial charge in [0.25, 0.3) is 0 Å². The Kier molecular flexibility index (Phi) is 4.15. The van der Waals surface area contributed by atoms with Gasteiger partial charge >= 0.3 is 12.0 Å². The molecule has 1 rings (SSSR count). The summed E-state index contributed by atoms with van der Waals surface area (Å²) < 4.78 is 0. The first kappa shape index (κ1) is 14.3. The van der Waals surface area contributed by atoms with E-state index in [4.69, 9.17) is 5.11 Å². The Labute approximate surface area is 106 Å². The first-order chi connectivity index (χ1) is 8.30. The molecular weight excluding hydrogens is 238 g/mol. The van der Waals surface area contributed by atoms with Gasteiger partial charge in [0, 0.05) is 20.1 Å². The number of hydrogen-bond acceptors (Lipinski definition) is 3. The van der Waals surface area contributed by atoms with Crippen molar-refractivity contribution in [1.29, 1.82) is 0 Å². The van der Waals surface area contributed by atoms with Crippen LogP contribution in [0.15, 0.2) is 0 Å². The molecular formula is C11H19N3O4. The highest BCUT2D eigenvalue weighted by molar-refractivity contribution is 5.86. The number of carbonyl (C=O) groups excluding carboxylic acids is 2. The van der Waals surface area contributed by atoms with E-state index in [-0.39, 0.29) is 5.91 Å². The average Bonchev–Trinajstić information content (AvgIpc) is 2.72. The van der Waals surface area contributed by atoms with Gasteiger partial charge in [-0.3, -0.25) is 9.59 Å². The highest BCUT2D eigenvalue weighted by Gasteiger charge is 2.41. The Morgan fingerprint density at radius 1 is 1.39 bits per heavy atom. The maximum atomic E-state index is 11.8. The molecule has 1 fully saturated rings. The number of aliphatic carboxylic acids is 1. The number of carboxylic acid groups (broad SMARTS) is 1. The van der Waals surface area contributed by atoms with Gasteiger partial charge in [-0.2, -0.15) is 0 Å². The van der Waals surface area contributed by atoms with E-state index in [1.54, 1.807) is 14.0 Å². The van der Waals surface area contributed by atoms with Crippen LogP contribution in [0.5, 0.6) is 0 Å². The number of urea groups is 1. The van der Waals surface area contributed by atoms with Crippen LogP contribution in [-0.2, 0) is 9.59 Å². The second-order valence-electron chi connectivity index (χ2n) is 4.82. The van der Waals surface area contributed by atoms with Crippen molar-refractivity contribution in [2.24, 2.45) is 5.41 Å². The van der Waals surface area contributed by atoms with Crippen LogP contribution in [0.3, 0.4) is 0 Å². The lowest BCUT2D eigenvalue weighted by Gasteiger charge is -2.23. The molecule has 3 amide bonds.